The Bertz CT molecular complexity index is 1330. The zero-order chi connectivity index (χ0) is 21.1. The fourth-order valence-electron chi connectivity index (χ4n) is 3.20. The highest BCUT2D eigenvalue weighted by atomic mass is 32.2. The molecule has 4 rings (SSSR count). The third-order valence-electron chi connectivity index (χ3n) is 4.66. The number of benzene rings is 2. The smallest absolute Gasteiger partial charge is 0.276 e. The second-order valence-electron chi connectivity index (χ2n) is 6.95. The molecule has 8 nitrogen and oxygen atoms in total. The molecule has 0 bridgehead atoms. The van der Waals surface area contributed by atoms with E-state index < -0.39 is 10.0 Å². The van der Waals surface area contributed by atoms with Crippen molar-refractivity contribution in [2.75, 3.05) is 4.72 Å². The van der Waals surface area contributed by atoms with Gasteiger partial charge in [0.05, 0.1) is 10.6 Å². The van der Waals surface area contributed by atoms with E-state index in [1.165, 1.54) is 12.1 Å². The summed E-state index contributed by atoms with van der Waals surface area (Å²) < 4.78 is 27.4. The summed E-state index contributed by atoms with van der Waals surface area (Å²) in [6.45, 7) is 2.04. The number of sulfonamides is 1. The van der Waals surface area contributed by atoms with Crippen molar-refractivity contribution in [2.24, 2.45) is 0 Å². The molecule has 154 valence electrons. The minimum Gasteiger partial charge on any atom is -0.308 e. The van der Waals surface area contributed by atoms with Crippen LogP contribution in [0.1, 0.15) is 30.4 Å². The zero-order valence-corrected chi connectivity index (χ0v) is 17.2. The lowest BCUT2D eigenvalue weighted by Gasteiger charge is -2.09. The number of nitrogens with zero attached hydrogens (tertiary/aromatic N) is 2. The topological polar surface area (TPSA) is 121 Å². The summed E-state index contributed by atoms with van der Waals surface area (Å²) in [6.07, 6.45) is 2.06. The quantitative estimate of drug-likeness (QED) is 0.422. The molecule has 0 saturated carbocycles. The van der Waals surface area contributed by atoms with Gasteiger partial charge in [-0.25, -0.2) is 13.4 Å². The molecule has 0 spiro atoms. The number of aromatic nitrogens is 4. The average molecular weight is 423 g/mol. The molecular formula is C21H21N5O3S. The highest BCUT2D eigenvalue weighted by Crippen LogP contribution is 2.18. The van der Waals surface area contributed by atoms with Gasteiger partial charge in [0.1, 0.15) is 16.9 Å². The maximum absolute atomic E-state index is 12.4. The molecule has 9 heteroatoms. The van der Waals surface area contributed by atoms with E-state index in [0.717, 1.165) is 24.1 Å². The Balaban J connectivity index is 1.54. The number of fused-ring (bicyclic) bond motifs is 1. The number of H-pyrrole nitrogens is 2. The lowest BCUT2D eigenvalue weighted by atomic mass is 10.1. The summed E-state index contributed by atoms with van der Waals surface area (Å²) in [5.41, 5.74) is 2.86. The maximum atomic E-state index is 12.4. The van der Waals surface area contributed by atoms with Crippen LogP contribution >= 0.6 is 0 Å². The normalized spacial score (nSPS) is 11.6. The third-order valence-corrected chi connectivity index (χ3v) is 6.06. The van der Waals surface area contributed by atoms with Crippen LogP contribution in [0.3, 0.4) is 0 Å². The van der Waals surface area contributed by atoms with E-state index >= 15 is 0 Å². The summed E-state index contributed by atoms with van der Waals surface area (Å²) in [4.78, 5) is 19.9. The summed E-state index contributed by atoms with van der Waals surface area (Å²) in [5, 5.41) is 6.95. The van der Waals surface area contributed by atoms with Crippen LogP contribution in [0, 0.1) is 0 Å². The molecule has 0 amide bonds. The fourth-order valence-corrected chi connectivity index (χ4v) is 4.28. The molecule has 2 heterocycles. The molecule has 0 unspecified atom stereocenters. The number of anilines is 1. The first-order valence-corrected chi connectivity index (χ1v) is 11.1. The van der Waals surface area contributed by atoms with Crippen LogP contribution in [-0.4, -0.2) is 28.6 Å². The molecule has 0 aliphatic rings. The predicted molar refractivity (Wildman–Crippen MR) is 115 cm³/mol. The molecule has 0 radical (unpaired) electrons. The molecule has 0 aliphatic carbocycles. The van der Waals surface area contributed by atoms with Crippen molar-refractivity contribution in [3.8, 4) is 0 Å². The van der Waals surface area contributed by atoms with E-state index in [2.05, 4.69) is 24.9 Å². The molecule has 0 saturated heterocycles. The zero-order valence-electron chi connectivity index (χ0n) is 16.3. The molecule has 2 aromatic heterocycles. The van der Waals surface area contributed by atoms with Crippen molar-refractivity contribution >= 4 is 26.7 Å². The van der Waals surface area contributed by atoms with Crippen molar-refractivity contribution in [3.05, 3.63) is 82.0 Å². The number of nitrogens with one attached hydrogen (secondary N) is 3. The lowest BCUT2D eigenvalue weighted by Crippen LogP contribution is -2.13. The van der Waals surface area contributed by atoms with Crippen molar-refractivity contribution in [1.82, 2.24) is 20.2 Å². The van der Waals surface area contributed by atoms with Crippen molar-refractivity contribution in [3.63, 3.8) is 0 Å². The summed E-state index contributed by atoms with van der Waals surface area (Å²) >= 11 is 0. The monoisotopic (exact) mass is 423 g/mol. The van der Waals surface area contributed by atoms with Crippen LogP contribution in [-0.2, 0) is 22.9 Å². The molecule has 4 aromatic rings. The molecule has 2 aromatic carbocycles. The molecule has 3 N–H and O–H groups in total. The van der Waals surface area contributed by atoms with Gasteiger partial charge in [0, 0.05) is 12.1 Å². The van der Waals surface area contributed by atoms with Gasteiger partial charge in [-0.2, -0.15) is 5.10 Å². The number of aryl methyl sites for hydroxylation is 1. The van der Waals surface area contributed by atoms with E-state index in [1.807, 2.05) is 6.92 Å². The van der Waals surface area contributed by atoms with E-state index in [4.69, 9.17) is 0 Å². The van der Waals surface area contributed by atoms with Crippen LogP contribution in [0.15, 0.2) is 64.3 Å². The van der Waals surface area contributed by atoms with Gasteiger partial charge in [0.2, 0.25) is 0 Å². The average Bonchev–Trinajstić information content (AvgIpc) is 3.14. The van der Waals surface area contributed by atoms with Crippen molar-refractivity contribution in [2.45, 2.75) is 31.1 Å². The lowest BCUT2D eigenvalue weighted by molar-refractivity contribution is 0.601. The largest absolute Gasteiger partial charge is 0.308 e. The first-order chi connectivity index (χ1) is 14.5. The van der Waals surface area contributed by atoms with E-state index in [1.54, 1.807) is 42.5 Å². The first-order valence-electron chi connectivity index (χ1n) is 9.59. The van der Waals surface area contributed by atoms with E-state index in [-0.39, 0.29) is 10.5 Å². The standard InChI is InChI=1S/C21H21N5O3S/c1-2-6-17-19-20(25-24-17)21(27)23-18(22-19)13-14-9-11-15(12-10-14)26-30(28,29)16-7-4-3-5-8-16/h3-5,7-12,26H,2,6,13H2,1H3,(H,24,25)(H,22,23,27). The minimum absolute atomic E-state index is 0.201. The third kappa shape index (κ3) is 4.11. The summed E-state index contributed by atoms with van der Waals surface area (Å²) in [6, 6.07) is 15.2. The Labute approximate surface area is 173 Å². The van der Waals surface area contributed by atoms with Gasteiger partial charge in [-0.05, 0) is 36.2 Å². The molecule has 0 atom stereocenters. The molecule has 0 aliphatic heterocycles. The molecule has 0 fully saturated rings. The Kier molecular flexibility index (Phi) is 5.37. The van der Waals surface area contributed by atoms with Crippen LogP contribution in [0.5, 0.6) is 0 Å². The van der Waals surface area contributed by atoms with Crippen LogP contribution in [0.25, 0.3) is 11.0 Å². The van der Waals surface area contributed by atoms with Gasteiger partial charge in [-0.3, -0.25) is 14.6 Å². The van der Waals surface area contributed by atoms with Gasteiger partial charge in [0.15, 0.2) is 0 Å². The van der Waals surface area contributed by atoms with Gasteiger partial charge in [0.25, 0.3) is 15.6 Å². The fraction of sp³-hybridized carbons (Fsp3) is 0.190. The van der Waals surface area contributed by atoms with Gasteiger partial charge < -0.3 is 4.98 Å². The van der Waals surface area contributed by atoms with Crippen LogP contribution < -0.4 is 10.3 Å². The first kappa shape index (κ1) is 19.8. The Hall–Kier alpha value is -3.46. The second-order valence-corrected chi connectivity index (χ2v) is 8.63. The highest BCUT2D eigenvalue weighted by molar-refractivity contribution is 7.92. The number of rotatable bonds is 7. The highest BCUT2D eigenvalue weighted by Gasteiger charge is 2.14. The van der Waals surface area contributed by atoms with Gasteiger partial charge in [-0.1, -0.05) is 43.7 Å². The maximum Gasteiger partial charge on any atom is 0.276 e. The summed E-state index contributed by atoms with van der Waals surface area (Å²) in [5.74, 6) is 0.531. The Morgan fingerprint density at radius 3 is 2.47 bits per heavy atom. The van der Waals surface area contributed by atoms with Crippen molar-refractivity contribution in [1.29, 1.82) is 0 Å². The van der Waals surface area contributed by atoms with E-state index in [9.17, 15) is 13.2 Å². The van der Waals surface area contributed by atoms with Crippen molar-refractivity contribution < 1.29 is 8.42 Å². The van der Waals surface area contributed by atoms with Gasteiger partial charge >= 0.3 is 0 Å². The Morgan fingerprint density at radius 2 is 1.77 bits per heavy atom. The SMILES string of the molecule is CCCc1n[nH]c2c(=O)[nH]c(Cc3ccc(NS(=O)(=O)c4ccccc4)cc3)nc12. The predicted octanol–water partition coefficient (Wildman–Crippen LogP) is 2.99. The van der Waals surface area contributed by atoms with E-state index in [0.29, 0.717) is 29.0 Å². The van der Waals surface area contributed by atoms with Crippen LogP contribution in [0.4, 0.5) is 5.69 Å². The minimum atomic E-state index is -3.64. The molecule has 30 heavy (non-hydrogen) atoms. The number of aromatic amines is 2. The molecular weight excluding hydrogens is 402 g/mol. The van der Waals surface area contributed by atoms with Crippen LogP contribution in [0.2, 0.25) is 0 Å². The van der Waals surface area contributed by atoms with Gasteiger partial charge in [-0.15, -0.1) is 0 Å². The second kappa shape index (κ2) is 8.11. The summed E-state index contributed by atoms with van der Waals surface area (Å²) in [7, 11) is -3.64. The Morgan fingerprint density at radius 1 is 1.03 bits per heavy atom. The number of hydrogen-bond acceptors (Lipinski definition) is 5. The number of hydrogen-bond donors (Lipinski definition) is 3.